The second-order valence-corrected chi connectivity index (χ2v) is 6.26. The van der Waals surface area contributed by atoms with E-state index in [-0.39, 0.29) is 11.9 Å². The van der Waals surface area contributed by atoms with Crippen molar-refractivity contribution in [3.8, 4) is 0 Å². The first-order valence-corrected chi connectivity index (χ1v) is 8.16. The number of nitrogens with zero attached hydrogens (tertiary/aromatic N) is 1. The highest BCUT2D eigenvalue weighted by atomic mass is 16.5. The Morgan fingerprint density at radius 3 is 2.77 bits per heavy atom. The van der Waals surface area contributed by atoms with Crippen molar-refractivity contribution in [3.05, 3.63) is 35.4 Å². The van der Waals surface area contributed by atoms with E-state index in [4.69, 9.17) is 10.5 Å². The van der Waals surface area contributed by atoms with Gasteiger partial charge in [-0.25, -0.2) is 0 Å². The highest BCUT2D eigenvalue weighted by molar-refractivity contribution is 5.95. The molecule has 1 aromatic carbocycles. The van der Waals surface area contributed by atoms with Gasteiger partial charge in [0.1, 0.15) is 0 Å². The average molecular weight is 303 g/mol. The van der Waals surface area contributed by atoms with Gasteiger partial charge in [0.25, 0.3) is 5.91 Å². The molecule has 5 nitrogen and oxygen atoms in total. The number of benzene rings is 1. The molecule has 1 heterocycles. The fraction of sp³-hybridized carbons (Fsp3) is 0.588. The van der Waals surface area contributed by atoms with Crippen LogP contribution in [0, 0.1) is 5.92 Å². The van der Waals surface area contributed by atoms with E-state index in [1.807, 2.05) is 24.3 Å². The predicted molar refractivity (Wildman–Crippen MR) is 85.6 cm³/mol. The fourth-order valence-corrected chi connectivity index (χ4v) is 2.88. The zero-order valence-electron chi connectivity index (χ0n) is 13.0. The largest absolute Gasteiger partial charge is 0.379 e. The van der Waals surface area contributed by atoms with Crippen LogP contribution in [0.25, 0.3) is 0 Å². The molecule has 0 spiro atoms. The summed E-state index contributed by atoms with van der Waals surface area (Å²) in [4.78, 5) is 14.8. The van der Waals surface area contributed by atoms with E-state index in [0.29, 0.717) is 12.5 Å². The maximum atomic E-state index is 12.4. The van der Waals surface area contributed by atoms with Crippen LogP contribution in [0.5, 0.6) is 0 Å². The van der Waals surface area contributed by atoms with Gasteiger partial charge in [0.2, 0.25) is 0 Å². The quantitative estimate of drug-likeness (QED) is 0.822. The van der Waals surface area contributed by atoms with Gasteiger partial charge in [-0.1, -0.05) is 18.2 Å². The minimum Gasteiger partial charge on any atom is -0.379 e. The second-order valence-electron chi connectivity index (χ2n) is 6.26. The average Bonchev–Trinajstić information content (AvgIpc) is 3.39. The van der Waals surface area contributed by atoms with Crippen molar-refractivity contribution in [1.82, 2.24) is 10.2 Å². The Bertz CT molecular complexity index is 510. The van der Waals surface area contributed by atoms with Gasteiger partial charge in [0, 0.05) is 37.8 Å². The normalized spacial score (nSPS) is 20.6. The Morgan fingerprint density at radius 2 is 2.05 bits per heavy atom. The van der Waals surface area contributed by atoms with Gasteiger partial charge >= 0.3 is 0 Å². The molecule has 2 aliphatic rings. The molecule has 1 amide bonds. The molecule has 1 aliphatic carbocycles. The number of carbonyl (C=O) groups excluding carboxylic acids is 1. The molecule has 1 aromatic rings. The molecular weight excluding hydrogens is 278 g/mol. The molecule has 1 aliphatic heterocycles. The third-order valence-corrected chi connectivity index (χ3v) is 4.49. The van der Waals surface area contributed by atoms with Gasteiger partial charge in [-0.3, -0.25) is 9.69 Å². The summed E-state index contributed by atoms with van der Waals surface area (Å²) in [6, 6.07) is 7.93. The van der Waals surface area contributed by atoms with Crippen LogP contribution in [0.15, 0.2) is 24.3 Å². The summed E-state index contributed by atoms with van der Waals surface area (Å²) in [5.74, 6) is 0.587. The summed E-state index contributed by atoms with van der Waals surface area (Å²) in [6.07, 6.45) is 2.40. The van der Waals surface area contributed by atoms with E-state index in [1.165, 1.54) is 12.8 Å². The Hall–Kier alpha value is -1.43. The molecule has 0 radical (unpaired) electrons. The van der Waals surface area contributed by atoms with Crippen LogP contribution in [0.1, 0.15) is 28.8 Å². The lowest BCUT2D eigenvalue weighted by molar-refractivity contribution is 0.0340. The minimum absolute atomic E-state index is 0.0139. The standard InChI is InChI=1S/C17H25N3O2/c18-16(13-5-6-13)11-19-17(21)15-4-2-1-3-14(15)12-20-7-9-22-10-8-20/h1-4,13,16H,5-12,18H2,(H,19,21). The lowest BCUT2D eigenvalue weighted by atomic mass is 10.1. The van der Waals surface area contributed by atoms with E-state index in [2.05, 4.69) is 10.2 Å². The molecule has 120 valence electrons. The van der Waals surface area contributed by atoms with Gasteiger partial charge < -0.3 is 15.8 Å². The maximum absolute atomic E-state index is 12.4. The highest BCUT2D eigenvalue weighted by Gasteiger charge is 2.28. The number of amides is 1. The van der Waals surface area contributed by atoms with E-state index in [1.54, 1.807) is 0 Å². The van der Waals surface area contributed by atoms with Crippen molar-refractivity contribution >= 4 is 5.91 Å². The van der Waals surface area contributed by atoms with Crippen molar-refractivity contribution < 1.29 is 9.53 Å². The Balaban J connectivity index is 1.60. The maximum Gasteiger partial charge on any atom is 0.251 e. The van der Waals surface area contributed by atoms with E-state index >= 15 is 0 Å². The van der Waals surface area contributed by atoms with Crippen LogP contribution < -0.4 is 11.1 Å². The lowest BCUT2D eigenvalue weighted by Crippen LogP contribution is -2.39. The molecule has 1 unspecified atom stereocenters. The highest BCUT2D eigenvalue weighted by Crippen LogP contribution is 2.31. The number of morpholine rings is 1. The fourth-order valence-electron chi connectivity index (χ4n) is 2.88. The van der Waals surface area contributed by atoms with Crippen molar-refractivity contribution in [3.63, 3.8) is 0 Å². The molecule has 2 fully saturated rings. The van der Waals surface area contributed by atoms with Crippen LogP contribution >= 0.6 is 0 Å². The summed E-state index contributed by atoms with van der Waals surface area (Å²) in [6.45, 7) is 4.73. The van der Waals surface area contributed by atoms with Crippen LogP contribution in [0.2, 0.25) is 0 Å². The summed E-state index contributed by atoms with van der Waals surface area (Å²) in [5, 5.41) is 2.99. The topological polar surface area (TPSA) is 67.6 Å². The Morgan fingerprint density at radius 1 is 1.32 bits per heavy atom. The van der Waals surface area contributed by atoms with Crippen LogP contribution in [0.3, 0.4) is 0 Å². The van der Waals surface area contributed by atoms with Gasteiger partial charge in [-0.05, 0) is 30.4 Å². The smallest absolute Gasteiger partial charge is 0.251 e. The Kier molecular flexibility index (Phi) is 5.08. The summed E-state index contributed by atoms with van der Waals surface area (Å²) >= 11 is 0. The monoisotopic (exact) mass is 303 g/mol. The van der Waals surface area contributed by atoms with Gasteiger partial charge in [-0.2, -0.15) is 0 Å². The van der Waals surface area contributed by atoms with E-state index in [9.17, 15) is 4.79 Å². The number of carbonyl (C=O) groups is 1. The summed E-state index contributed by atoms with van der Waals surface area (Å²) < 4.78 is 5.37. The zero-order chi connectivity index (χ0) is 15.4. The first-order valence-electron chi connectivity index (χ1n) is 8.16. The molecule has 5 heteroatoms. The first-order chi connectivity index (χ1) is 10.7. The molecule has 0 aromatic heterocycles. The number of rotatable bonds is 6. The van der Waals surface area contributed by atoms with Gasteiger partial charge in [-0.15, -0.1) is 0 Å². The number of hydrogen-bond donors (Lipinski definition) is 2. The number of nitrogens with one attached hydrogen (secondary N) is 1. The van der Waals surface area contributed by atoms with E-state index in [0.717, 1.165) is 44.0 Å². The van der Waals surface area contributed by atoms with Crippen LogP contribution in [-0.2, 0) is 11.3 Å². The molecule has 1 saturated heterocycles. The molecule has 3 rings (SSSR count). The lowest BCUT2D eigenvalue weighted by Gasteiger charge is -2.27. The zero-order valence-corrected chi connectivity index (χ0v) is 13.0. The molecular formula is C17H25N3O2. The van der Waals surface area contributed by atoms with Crippen LogP contribution in [0.4, 0.5) is 0 Å². The molecule has 1 saturated carbocycles. The molecule has 3 N–H and O–H groups in total. The Labute approximate surface area is 131 Å². The molecule has 0 bridgehead atoms. The summed E-state index contributed by atoms with van der Waals surface area (Å²) in [5.41, 5.74) is 7.89. The third-order valence-electron chi connectivity index (χ3n) is 4.49. The number of nitrogens with two attached hydrogens (primary N) is 1. The predicted octanol–water partition coefficient (Wildman–Crippen LogP) is 0.986. The molecule has 1 atom stereocenters. The molecule has 22 heavy (non-hydrogen) atoms. The SMILES string of the molecule is NC(CNC(=O)c1ccccc1CN1CCOCC1)C1CC1. The summed E-state index contributed by atoms with van der Waals surface area (Å²) in [7, 11) is 0. The second kappa shape index (κ2) is 7.22. The third kappa shape index (κ3) is 4.06. The van der Waals surface area contributed by atoms with Gasteiger partial charge in [0.15, 0.2) is 0 Å². The minimum atomic E-state index is -0.0139. The van der Waals surface area contributed by atoms with Crippen LogP contribution in [-0.4, -0.2) is 49.7 Å². The van der Waals surface area contributed by atoms with E-state index < -0.39 is 0 Å². The van der Waals surface area contributed by atoms with Crippen molar-refractivity contribution in [2.24, 2.45) is 11.7 Å². The van der Waals surface area contributed by atoms with Gasteiger partial charge in [0.05, 0.1) is 13.2 Å². The van der Waals surface area contributed by atoms with Crippen molar-refractivity contribution in [2.75, 3.05) is 32.8 Å². The number of ether oxygens (including phenoxy) is 1. The number of hydrogen-bond acceptors (Lipinski definition) is 4. The van der Waals surface area contributed by atoms with Crippen molar-refractivity contribution in [2.45, 2.75) is 25.4 Å². The van der Waals surface area contributed by atoms with Crippen molar-refractivity contribution in [1.29, 1.82) is 0 Å². The first kappa shape index (κ1) is 15.5.